The van der Waals surface area contributed by atoms with Crippen LogP contribution in [-0.4, -0.2) is 41.8 Å². The van der Waals surface area contributed by atoms with Crippen LogP contribution in [0.1, 0.15) is 25.2 Å². The van der Waals surface area contributed by atoms with Crippen molar-refractivity contribution in [3.63, 3.8) is 0 Å². The fourth-order valence-electron chi connectivity index (χ4n) is 3.39. The Kier molecular flexibility index (Phi) is 6.88. The molecule has 14 heteroatoms. The molecular formula is C22H20F4N6O4. The van der Waals surface area contributed by atoms with Gasteiger partial charge in [0.15, 0.2) is 23.6 Å². The van der Waals surface area contributed by atoms with Gasteiger partial charge < -0.3 is 9.47 Å². The Morgan fingerprint density at radius 3 is 2.53 bits per heavy atom. The van der Waals surface area contributed by atoms with Crippen molar-refractivity contribution < 1.29 is 27.0 Å². The summed E-state index contributed by atoms with van der Waals surface area (Å²) in [6.07, 6.45) is -6.30. The Bertz CT molecular complexity index is 1500. The van der Waals surface area contributed by atoms with E-state index in [0.717, 1.165) is 11.8 Å². The van der Waals surface area contributed by atoms with E-state index in [1.807, 2.05) is 35.4 Å². The van der Waals surface area contributed by atoms with E-state index in [9.17, 15) is 22.8 Å². The van der Waals surface area contributed by atoms with Crippen LogP contribution in [0.3, 0.4) is 0 Å². The molecule has 0 saturated carbocycles. The Labute approximate surface area is 200 Å². The van der Waals surface area contributed by atoms with Gasteiger partial charge in [-0.15, -0.1) is 5.10 Å². The molecule has 4 rings (SSSR count). The van der Waals surface area contributed by atoms with Crippen LogP contribution in [0.5, 0.6) is 5.88 Å². The zero-order valence-electron chi connectivity index (χ0n) is 19.0. The number of rotatable bonds is 8. The molecule has 10 nitrogen and oxygen atoms in total. The minimum Gasteiger partial charge on any atom is -0.464 e. The van der Waals surface area contributed by atoms with Crippen molar-refractivity contribution in [3.05, 3.63) is 74.6 Å². The number of benzene rings is 1. The molecule has 190 valence electrons. The van der Waals surface area contributed by atoms with E-state index < -0.39 is 51.8 Å². The molecule has 0 aliphatic carbocycles. The molecule has 0 unspecified atom stereocenters. The number of alkyl halides is 3. The van der Waals surface area contributed by atoms with Crippen molar-refractivity contribution >= 4 is 10.8 Å². The summed E-state index contributed by atoms with van der Waals surface area (Å²) in [5.41, 5.74) is -0.951. The van der Waals surface area contributed by atoms with Crippen molar-refractivity contribution in [1.82, 2.24) is 29.5 Å². The van der Waals surface area contributed by atoms with Gasteiger partial charge >= 0.3 is 11.9 Å². The second-order valence-electron chi connectivity index (χ2n) is 7.68. The monoisotopic (exact) mass is 508 g/mol. The van der Waals surface area contributed by atoms with E-state index in [1.165, 1.54) is 4.57 Å². The number of aromatic amines is 1. The lowest BCUT2D eigenvalue weighted by Gasteiger charge is -2.18. The Hall–Kier alpha value is -4.07. The number of halogens is 4. The summed E-state index contributed by atoms with van der Waals surface area (Å²) in [6, 6.07) is 9.21. The fourth-order valence-corrected chi connectivity index (χ4v) is 3.39. The zero-order chi connectivity index (χ0) is 26.0. The van der Waals surface area contributed by atoms with Crippen LogP contribution in [-0.2, 0) is 24.5 Å². The van der Waals surface area contributed by atoms with Gasteiger partial charge in [0.05, 0.1) is 18.2 Å². The second kappa shape index (κ2) is 9.89. The Morgan fingerprint density at radius 2 is 1.86 bits per heavy atom. The maximum atomic E-state index is 15.4. The van der Waals surface area contributed by atoms with Crippen molar-refractivity contribution in [2.24, 2.45) is 0 Å². The fraction of sp³-hybridized carbons (Fsp3) is 0.318. The normalized spacial score (nSPS) is 12.7. The topological polar surface area (TPSA) is 117 Å². The van der Waals surface area contributed by atoms with Gasteiger partial charge in [-0.25, -0.2) is 14.3 Å². The van der Waals surface area contributed by atoms with Crippen LogP contribution in [0.4, 0.5) is 17.6 Å². The molecule has 0 fully saturated rings. The number of fused-ring (bicyclic) bond motifs is 1. The number of H-pyrrole nitrogens is 1. The van der Waals surface area contributed by atoms with Gasteiger partial charge in [-0.2, -0.15) is 27.9 Å². The van der Waals surface area contributed by atoms with E-state index in [4.69, 9.17) is 9.47 Å². The molecule has 0 bridgehead atoms. The van der Waals surface area contributed by atoms with Crippen LogP contribution in [0.2, 0.25) is 0 Å². The molecule has 0 saturated heterocycles. The summed E-state index contributed by atoms with van der Waals surface area (Å²) in [7, 11) is 0. The molecule has 36 heavy (non-hydrogen) atoms. The zero-order valence-corrected chi connectivity index (χ0v) is 19.0. The molecule has 0 amide bonds. The van der Waals surface area contributed by atoms with Crippen molar-refractivity contribution in [1.29, 1.82) is 0 Å². The van der Waals surface area contributed by atoms with Gasteiger partial charge in [0.2, 0.25) is 5.88 Å². The second-order valence-corrected chi connectivity index (χ2v) is 7.68. The molecular weight excluding hydrogens is 488 g/mol. The lowest BCUT2D eigenvalue weighted by molar-refractivity contribution is -0.189. The lowest BCUT2D eigenvalue weighted by Crippen LogP contribution is -2.32. The van der Waals surface area contributed by atoms with Crippen molar-refractivity contribution in [3.8, 4) is 11.7 Å². The van der Waals surface area contributed by atoms with Crippen LogP contribution in [0, 0.1) is 5.82 Å². The smallest absolute Gasteiger partial charge is 0.425 e. The highest BCUT2D eigenvalue weighted by Gasteiger charge is 2.39. The van der Waals surface area contributed by atoms with E-state index in [0.29, 0.717) is 11.6 Å². The van der Waals surface area contributed by atoms with Gasteiger partial charge in [0, 0.05) is 6.54 Å². The molecule has 3 heterocycles. The van der Waals surface area contributed by atoms with Gasteiger partial charge in [0.1, 0.15) is 12.0 Å². The third-order valence-electron chi connectivity index (χ3n) is 5.26. The van der Waals surface area contributed by atoms with Crippen LogP contribution in [0.25, 0.3) is 16.6 Å². The Morgan fingerprint density at radius 1 is 1.14 bits per heavy atom. The minimum atomic E-state index is -4.80. The minimum absolute atomic E-state index is 0.115. The van der Waals surface area contributed by atoms with Crippen LogP contribution in [0.15, 0.2) is 46.1 Å². The Balaban J connectivity index is 1.78. The summed E-state index contributed by atoms with van der Waals surface area (Å²) >= 11 is 0. The van der Waals surface area contributed by atoms with Crippen LogP contribution >= 0.6 is 0 Å². The van der Waals surface area contributed by atoms with Gasteiger partial charge in [-0.1, -0.05) is 30.3 Å². The van der Waals surface area contributed by atoms with E-state index in [-0.39, 0.29) is 25.6 Å². The molecule has 0 aliphatic heterocycles. The molecule has 1 atom stereocenters. The number of ether oxygens (including phenoxy) is 2. The van der Waals surface area contributed by atoms with Gasteiger partial charge in [0.25, 0.3) is 5.56 Å². The van der Waals surface area contributed by atoms with E-state index in [1.54, 1.807) is 6.92 Å². The summed E-state index contributed by atoms with van der Waals surface area (Å²) in [6.45, 7) is 2.60. The van der Waals surface area contributed by atoms with Crippen molar-refractivity contribution in [2.45, 2.75) is 45.9 Å². The maximum absolute atomic E-state index is 15.4. The number of nitrogens with zero attached hydrogens (tertiary/aromatic N) is 5. The highest BCUT2D eigenvalue weighted by atomic mass is 19.4. The first-order valence-electron chi connectivity index (χ1n) is 10.7. The highest BCUT2D eigenvalue weighted by molar-refractivity contribution is 5.87. The third-order valence-corrected chi connectivity index (χ3v) is 5.26. The number of nitrogens with one attached hydrogen (secondary N) is 1. The molecule has 1 aromatic carbocycles. The molecule has 3 aromatic heterocycles. The highest BCUT2D eigenvalue weighted by Crippen LogP contribution is 2.30. The van der Waals surface area contributed by atoms with Gasteiger partial charge in [-0.05, 0) is 19.4 Å². The number of pyridine rings is 1. The van der Waals surface area contributed by atoms with Crippen molar-refractivity contribution in [2.75, 3.05) is 0 Å². The molecule has 0 radical (unpaired) electrons. The predicted octanol–water partition coefficient (Wildman–Crippen LogP) is 2.87. The SMILES string of the molecule is CCn1c(COCc2ccccc2)nn(-c2nc(O[C@@H](C)C(F)(F)F)c3c(=O)[nH]ncc3c2F)c1=O. The summed E-state index contributed by atoms with van der Waals surface area (Å²) in [5, 5.41) is 8.51. The number of aromatic nitrogens is 6. The quantitative estimate of drug-likeness (QED) is 0.364. The maximum Gasteiger partial charge on any atom is 0.425 e. The number of hydrogen-bond donors (Lipinski definition) is 1. The number of hydrogen-bond acceptors (Lipinski definition) is 7. The average Bonchev–Trinajstić information content (AvgIpc) is 3.15. The predicted molar refractivity (Wildman–Crippen MR) is 118 cm³/mol. The lowest BCUT2D eigenvalue weighted by atomic mass is 10.2. The largest absolute Gasteiger partial charge is 0.464 e. The molecule has 0 spiro atoms. The average molecular weight is 508 g/mol. The first kappa shape index (κ1) is 25.0. The summed E-state index contributed by atoms with van der Waals surface area (Å²) in [4.78, 5) is 29.0. The molecule has 1 N–H and O–H groups in total. The summed E-state index contributed by atoms with van der Waals surface area (Å²) < 4.78 is 67.1. The van der Waals surface area contributed by atoms with Gasteiger partial charge in [-0.3, -0.25) is 9.36 Å². The third kappa shape index (κ3) is 4.84. The molecule has 4 aromatic rings. The van der Waals surface area contributed by atoms with E-state index >= 15 is 4.39 Å². The standard InChI is InChI=1S/C22H20F4N6O4/c1-3-31-15(11-35-10-13-7-5-4-6-8-13)30-32(21(31)34)18-17(23)14-9-27-29-19(33)16(14)20(28-18)36-12(2)22(24,25)26/h4-9,12H,3,10-11H2,1-2H3,(H,29,33)/t12-/m0/s1. The molecule has 0 aliphatic rings. The first-order valence-corrected chi connectivity index (χ1v) is 10.7. The van der Waals surface area contributed by atoms with Crippen LogP contribution < -0.4 is 16.0 Å². The first-order chi connectivity index (χ1) is 17.1. The van der Waals surface area contributed by atoms with E-state index in [2.05, 4.69) is 15.2 Å². The summed E-state index contributed by atoms with van der Waals surface area (Å²) in [5.74, 6) is -2.62.